The van der Waals surface area contributed by atoms with E-state index in [9.17, 15) is 14.4 Å². The highest BCUT2D eigenvalue weighted by Crippen LogP contribution is 2.33. The molecule has 0 saturated carbocycles. The number of hydrogen-bond donors (Lipinski definition) is 1. The normalized spacial score (nSPS) is 20.9. The zero-order valence-corrected chi connectivity index (χ0v) is 26.9. The number of ketones is 1. The van der Waals surface area contributed by atoms with Crippen LogP contribution in [0.5, 0.6) is 0 Å². The third kappa shape index (κ3) is 6.81. The summed E-state index contributed by atoms with van der Waals surface area (Å²) in [5, 5.41) is 7.71. The van der Waals surface area contributed by atoms with Gasteiger partial charge in [0.05, 0.1) is 37.2 Å². The minimum absolute atomic E-state index is 0.153. The second-order valence-electron chi connectivity index (χ2n) is 11.5. The number of ether oxygens (including phenoxy) is 2. The zero-order valence-electron chi connectivity index (χ0n) is 25.3. The van der Waals surface area contributed by atoms with Crippen LogP contribution in [0.4, 0.5) is 10.2 Å². The third-order valence-corrected chi connectivity index (χ3v) is 8.42. The molecule has 2 aliphatic rings. The Bertz CT molecular complexity index is 1800. The summed E-state index contributed by atoms with van der Waals surface area (Å²) in [6.07, 6.45) is 5.91. The molecule has 15 heteroatoms. The first-order chi connectivity index (χ1) is 22.1. The Morgan fingerprint density at radius 1 is 1.13 bits per heavy atom. The number of nitrogens with one attached hydrogen (secondary N) is 1. The van der Waals surface area contributed by atoms with E-state index in [-0.39, 0.29) is 50.0 Å². The SMILES string of the molecule is CC(=O)c1nn(CC(=O)N2C[C@@]3(F)COCCCCOCc4ccc(Br)nc4NC(=O)[C@@H]2C3)c2cnc(-c3cnc(C)nc3)cc12. The molecule has 2 aliphatic heterocycles. The number of amides is 2. The van der Waals surface area contributed by atoms with E-state index in [4.69, 9.17) is 9.47 Å². The van der Waals surface area contributed by atoms with Gasteiger partial charge in [-0.3, -0.25) is 24.0 Å². The molecule has 240 valence electrons. The van der Waals surface area contributed by atoms with Crippen LogP contribution in [0, 0.1) is 6.92 Å². The smallest absolute Gasteiger partial charge is 0.248 e. The molecule has 6 rings (SSSR count). The number of rotatable bonds is 4. The summed E-state index contributed by atoms with van der Waals surface area (Å²) in [7, 11) is 0. The van der Waals surface area contributed by atoms with E-state index < -0.39 is 23.5 Å². The van der Waals surface area contributed by atoms with E-state index in [1.807, 2.05) is 0 Å². The van der Waals surface area contributed by atoms with Gasteiger partial charge in [0.1, 0.15) is 34.5 Å². The quantitative estimate of drug-likeness (QED) is 0.246. The van der Waals surface area contributed by atoms with Gasteiger partial charge in [-0.15, -0.1) is 0 Å². The van der Waals surface area contributed by atoms with E-state index in [1.54, 1.807) is 37.5 Å². The third-order valence-electron chi connectivity index (χ3n) is 7.98. The van der Waals surface area contributed by atoms with Gasteiger partial charge < -0.3 is 19.7 Å². The van der Waals surface area contributed by atoms with Gasteiger partial charge in [-0.1, -0.05) is 6.07 Å². The maximum atomic E-state index is 16.2. The van der Waals surface area contributed by atoms with Crippen molar-refractivity contribution in [1.29, 1.82) is 0 Å². The highest BCUT2D eigenvalue weighted by molar-refractivity contribution is 9.10. The van der Waals surface area contributed by atoms with Crippen molar-refractivity contribution in [3.63, 3.8) is 0 Å². The molecule has 1 fully saturated rings. The molecular weight excluding hydrogens is 663 g/mol. The Morgan fingerprint density at radius 2 is 1.89 bits per heavy atom. The monoisotopic (exact) mass is 694 g/mol. The summed E-state index contributed by atoms with van der Waals surface area (Å²) >= 11 is 3.34. The standard InChI is InChI=1S/C31H32BrFN8O5/c1-18(42)28-22-9-23(21-11-34-19(2)35-12-21)36-13-25(22)41(39-28)14-27(43)40-16-31(33)10-24(40)30(44)38-29-20(5-6-26(32)37-29)15-45-7-3-4-8-46-17-31/h5-6,9,11-13,24H,3-4,7-8,10,14-17H2,1-2H3,(H,37,38,44)/t24-,31+/m0/s1. The predicted molar refractivity (Wildman–Crippen MR) is 168 cm³/mol. The number of Topliss-reactive ketones (excluding diaryl/α,β-unsaturated/α-hetero) is 1. The van der Waals surface area contributed by atoms with E-state index >= 15 is 4.39 Å². The topological polar surface area (TPSA) is 154 Å². The number of anilines is 1. The molecule has 1 saturated heterocycles. The summed E-state index contributed by atoms with van der Waals surface area (Å²) in [5.41, 5.74) is 0.464. The second-order valence-corrected chi connectivity index (χ2v) is 12.3. The lowest BCUT2D eigenvalue weighted by atomic mass is 10.0. The second kappa shape index (κ2) is 13.3. The molecule has 0 aliphatic carbocycles. The van der Waals surface area contributed by atoms with Gasteiger partial charge in [-0.2, -0.15) is 5.10 Å². The van der Waals surface area contributed by atoms with Crippen LogP contribution >= 0.6 is 15.9 Å². The molecule has 2 amide bonds. The van der Waals surface area contributed by atoms with Crippen LogP contribution in [0.1, 0.15) is 48.1 Å². The van der Waals surface area contributed by atoms with Crippen molar-refractivity contribution in [2.45, 2.75) is 58.0 Å². The summed E-state index contributed by atoms with van der Waals surface area (Å²) in [6.45, 7) is 3.20. The highest BCUT2D eigenvalue weighted by Gasteiger charge is 2.50. The Hall–Kier alpha value is -4.21. The lowest BCUT2D eigenvalue weighted by molar-refractivity contribution is -0.137. The number of carbonyl (C=O) groups excluding carboxylic acids is 3. The molecule has 2 atom stereocenters. The van der Waals surface area contributed by atoms with E-state index in [1.165, 1.54) is 22.7 Å². The van der Waals surface area contributed by atoms with Crippen LogP contribution in [0.25, 0.3) is 22.2 Å². The molecule has 6 heterocycles. The van der Waals surface area contributed by atoms with Gasteiger partial charge in [-0.05, 0) is 47.8 Å². The Balaban J connectivity index is 1.30. The van der Waals surface area contributed by atoms with Crippen molar-refractivity contribution in [2.24, 2.45) is 0 Å². The largest absolute Gasteiger partial charge is 0.378 e. The lowest BCUT2D eigenvalue weighted by Crippen LogP contribution is -2.45. The Labute approximate surface area is 272 Å². The van der Waals surface area contributed by atoms with Crippen molar-refractivity contribution < 1.29 is 28.2 Å². The number of aromatic nitrogens is 6. The van der Waals surface area contributed by atoms with Crippen LogP contribution in [-0.4, -0.2) is 90.3 Å². The van der Waals surface area contributed by atoms with Crippen molar-refractivity contribution in [3.8, 4) is 11.3 Å². The number of nitrogens with zero attached hydrogens (tertiary/aromatic N) is 7. The molecule has 0 unspecified atom stereocenters. The van der Waals surface area contributed by atoms with E-state index in [0.717, 1.165) is 0 Å². The number of carbonyl (C=O) groups is 3. The fraction of sp³-hybridized carbons (Fsp3) is 0.419. The average Bonchev–Trinajstić information content (AvgIpc) is 3.57. The average molecular weight is 696 g/mol. The maximum absolute atomic E-state index is 16.2. The first kappa shape index (κ1) is 31.8. The van der Waals surface area contributed by atoms with Crippen LogP contribution in [-0.2, 0) is 32.2 Å². The minimum atomic E-state index is -1.95. The lowest BCUT2D eigenvalue weighted by Gasteiger charge is -2.24. The van der Waals surface area contributed by atoms with Gasteiger partial charge in [-0.25, -0.2) is 19.3 Å². The van der Waals surface area contributed by atoms with E-state index in [0.29, 0.717) is 64.2 Å². The first-order valence-electron chi connectivity index (χ1n) is 14.9. The summed E-state index contributed by atoms with van der Waals surface area (Å²) in [5.74, 6) is -0.575. The summed E-state index contributed by atoms with van der Waals surface area (Å²) in [4.78, 5) is 58.7. The molecular formula is C31H32BrFN8O5. The zero-order chi connectivity index (χ0) is 32.4. The number of halogens is 2. The highest BCUT2D eigenvalue weighted by atomic mass is 79.9. The fourth-order valence-corrected chi connectivity index (χ4v) is 5.94. The van der Waals surface area contributed by atoms with Crippen molar-refractivity contribution >= 4 is 50.2 Å². The number of pyridine rings is 2. The number of fused-ring (bicyclic) bond motifs is 4. The molecule has 4 aromatic heterocycles. The molecule has 4 aromatic rings. The van der Waals surface area contributed by atoms with Crippen molar-refractivity contribution in [3.05, 3.63) is 58.5 Å². The molecule has 2 bridgehead atoms. The van der Waals surface area contributed by atoms with E-state index in [2.05, 4.69) is 46.3 Å². The van der Waals surface area contributed by atoms with Crippen LogP contribution < -0.4 is 5.32 Å². The molecule has 0 aromatic carbocycles. The number of aryl methyl sites for hydroxylation is 1. The van der Waals surface area contributed by atoms with Gasteiger partial charge in [0.2, 0.25) is 11.8 Å². The molecule has 0 spiro atoms. The number of hydrogen-bond acceptors (Lipinski definition) is 10. The molecule has 13 nitrogen and oxygen atoms in total. The summed E-state index contributed by atoms with van der Waals surface area (Å²) < 4.78 is 29.5. The van der Waals surface area contributed by atoms with Gasteiger partial charge in [0.15, 0.2) is 11.5 Å². The predicted octanol–water partition coefficient (Wildman–Crippen LogP) is 3.83. The van der Waals surface area contributed by atoms with Gasteiger partial charge in [0, 0.05) is 55.5 Å². The minimum Gasteiger partial charge on any atom is -0.378 e. The number of alkyl halides is 1. The van der Waals surface area contributed by atoms with Crippen LogP contribution in [0.3, 0.4) is 0 Å². The van der Waals surface area contributed by atoms with Crippen LogP contribution in [0.2, 0.25) is 0 Å². The first-order valence-corrected chi connectivity index (χ1v) is 15.7. The summed E-state index contributed by atoms with van der Waals surface area (Å²) in [6, 6.07) is 4.07. The van der Waals surface area contributed by atoms with Crippen molar-refractivity contribution in [1.82, 2.24) is 34.6 Å². The molecule has 1 N–H and O–H groups in total. The van der Waals surface area contributed by atoms with Crippen LogP contribution in [0.15, 0.2) is 41.4 Å². The van der Waals surface area contributed by atoms with Gasteiger partial charge in [0.25, 0.3) is 0 Å². The van der Waals surface area contributed by atoms with Gasteiger partial charge >= 0.3 is 0 Å². The number of likely N-dealkylation sites (tertiary alicyclic amines) is 1. The Kier molecular flexibility index (Phi) is 9.15. The maximum Gasteiger partial charge on any atom is 0.248 e. The van der Waals surface area contributed by atoms with Crippen molar-refractivity contribution in [2.75, 3.05) is 31.7 Å². The Morgan fingerprint density at radius 3 is 2.65 bits per heavy atom. The molecule has 46 heavy (non-hydrogen) atoms. The fourth-order valence-electron chi connectivity index (χ4n) is 5.63. The molecule has 0 radical (unpaired) electrons.